The van der Waals surface area contributed by atoms with Gasteiger partial charge in [-0.1, -0.05) is 6.07 Å². The number of hydrogen-bond acceptors (Lipinski definition) is 4. The fourth-order valence-corrected chi connectivity index (χ4v) is 2.81. The van der Waals surface area contributed by atoms with E-state index in [0.29, 0.717) is 12.2 Å². The van der Waals surface area contributed by atoms with E-state index in [0.717, 1.165) is 12.1 Å². The fourth-order valence-electron chi connectivity index (χ4n) is 1.52. The van der Waals surface area contributed by atoms with Crippen LogP contribution in [0, 0.1) is 5.82 Å². The summed E-state index contributed by atoms with van der Waals surface area (Å²) in [6, 6.07) is 3.05. The Bertz CT molecular complexity index is 518. The van der Waals surface area contributed by atoms with Gasteiger partial charge < -0.3 is 9.84 Å². The van der Waals surface area contributed by atoms with Gasteiger partial charge >= 0.3 is 0 Å². The van der Waals surface area contributed by atoms with Crippen molar-refractivity contribution < 1.29 is 22.7 Å². The number of aliphatic hydroxyl groups is 1. The van der Waals surface area contributed by atoms with Gasteiger partial charge in [0.05, 0.1) is 13.2 Å². The summed E-state index contributed by atoms with van der Waals surface area (Å²) in [5.41, 5.74) is 0.318. The third kappa shape index (κ3) is 4.54. The highest BCUT2D eigenvalue weighted by Crippen LogP contribution is 2.16. The summed E-state index contributed by atoms with van der Waals surface area (Å²) in [5.74, 6) is -0.886. The summed E-state index contributed by atoms with van der Waals surface area (Å²) in [5, 5.41) is 8.85. The first-order chi connectivity index (χ1) is 8.90. The predicted octanol–water partition coefficient (Wildman–Crippen LogP) is 1.02. The SMILES string of the molecule is CCOCC(C)NS(=O)(=O)c1ccc(CO)cc1F. The highest BCUT2D eigenvalue weighted by atomic mass is 32.2. The van der Waals surface area contributed by atoms with Crippen molar-refractivity contribution in [3.8, 4) is 0 Å². The maximum absolute atomic E-state index is 13.7. The molecule has 0 aliphatic heterocycles. The summed E-state index contributed by atoms with van der Waals surface area (Å²) >= 11 is 0. The maximum atomic E-state index is 13.7. The standard InChI is InChI=1S/C12H18FNO4S/c1-3-18-8-9(2)14-19(16,17)12-5-4-10(7-15)6-11(12)13/h4-6,9,14-15H,3,7-8H2,1-2H3. The third-order valence-electron chi connectivity index (χ3n) is 2.40. The van der Waals surface area contributed by atoms with Crippen molar-refractivity contribution in [2.75, 3.05) is 13.2 Å². The van der Waals surface area contributed by atoms with Crippen LogP contribution >= 0.6 is 0 Å². The first-order valence-electron chi connectivity index (χ1n) is 5.90. The Morgan fingerprint density at radius 1 is 1.47 bits per heavy atom. The Labute approximate surface area is 112 Å². The van der Waals surface area contributed by atoms with E-state index in [9.17, 15) is 12.8 Å². The van der Waals surface area contributed by atoms with Gasteiger partial charge in [-0.25, -0.2) is 17.5 Å². The molecule has 1 aromatic rings. The minimum absolute atomic E-state index is 0.214. The molecule has 1 unspecified atom stereocenters. The van der Waals surface area contributed by atoms with Gasteiger partial charge in [0.2, 0.25) is 10.0 Å². The number of aliphatic hydroxyl groups excluding tert-OH is 1. The molecule has 1 atom stereocenters. The number of hydrogen-bond donors (Lipinski definition) is 2. The Morgan fingerprint density at radius 3 is 2.68 bits per heavy atom. The monoisotopic (exact) mass is 291 g/mol. The lowest BCUT2D eigenvalue weighted by Crippen LogP contribution is -2.36. The molecule has 0 aliphatic rings. The molecule has 0 aromatic heterocycles. The molecular formula is C12H18FNO4S. The van der Waals surface area contributed by atoms with E-state index in [1.54, 1.807) is 13.8 Å². The summed E-state index contributed by atoms with van der Waals surface area (Å²) in [6.45, 7) is 3.78. The number of ether oxygens (including phenoxy) is 1. The van der Waals surface area contributed by atoms with Crippen molar-refractivity contribution in [3.05, 3.63) is 29.6 Å². The number of benzene rings is 1. The second-order valence-corrected chi connectivity index (χ2v) is 5.79. The molecule has 0 saturated heterocycles. The normalized spacial score (nSPS) is 13.5. The molecule has 0 radical (unpaired) electrons. The average molecular weight is 291 g/mol. The molecule has 0 heterocycles. The van der Waals surface area contributed by atoms with Gasteiger partial charge in [-0.3, -0.25) is 0 Å². The third-order valence-corrected chi connectivity index (χ3v) is 4.02. The van der Waals surface area contributed by atoms with E-state index in [4.69, 9.17) is 9.84 Å². The highest BCUT2D eigenvalue weighted by molar-refractivity contribution is 7.89. The first-order valence-corrected chi connectivity index (χ1v) is 7.38. The van der Waals surface area contributed by atoms with Crippen LogP contribution in [0.3, 0.4) is 0 Å². The zero-order valence-electron chi connectivity index (χ0n) is 10.9. The van der Waals surface area contributed by atoms with E-state index in [2.05, 4.69) is 4.72 Å². The predicted molar refractivity (Wildman–Crippen MR) is 68.6 cm³/mol. The van der Waals surface area contributed by atoms with Gasteiger partial charge in [-0.05, 0) is 31.5 Å². The Kier molecular flexibility index (Phi) is 5.86. The van der Waals surface area contributed by atoms with Crippen molar-refractivity contribution in [3.63, 3.8) is 0 Å². The Morgan fingerprint density at radius 2 is 2.16 bits per heavy atom. The van der Waals surface area contributed by atoms with Gasteiger partial charge in [-0.2, -0.15) is 0 Å². The highest BCUT2D eigenvalue weighted by Gasteiger charge is 2.21. The van der Waals surface area contributed by atoms with Crippen molar-refractivity contribution in [2.24, 2.45) is 0 Å². The van der Waals surface area contributed by atoms with Crippen LogP contribution in [0.15, 0.2) is 23.1 Å². The van der Waals surface area contributed by atoms with E-state index < -0.39 is 26.8 Å². The molecule has 7 heteroatoms. The zero-order valence-corrected chi connectivity index (χ0v) is 11.7. The second-order valence-electron chi connectivity index (χ2n) is 4.10. The lowest BCUT2D eigenvalue weighted by atomic mass is 10.2. The number of halogens is 1. The van der Waals surface area contributed by atoms with Gasteiger partial charge in [0.1, 0.15) is 10.7 Å². The van der Waals surface area contributed by atoms with Crippen LogP contribution in [-0.4, -0.2) is 32.8 Å². The van der Waals surface area contributed by atoms with E-state index in [1.165, 1.54) is 6.07 Å². The van der Waals surface area contributed by atoms with Gasteiger partial charge in [-0.15, -0.1) is 0 Å². The molecule has 0 spiro atoms. The molecule has 0 amide bonds. The van der Waals surface area contributed by atoms with E-state index in [-0.39, 0.29) is 13.2 Å². The lowest BCUT2D eigenvalue weighted by molar-refractivity contribution is 0.133. The average Bonchev–Trinajstić information content (AvgIpc) is 2.35. The zero-order chi connectivity index (χ0) is 14.5. The van der Waals surface area contributed by atoms with Crippen LogP contribution in [-0.2, 0) is 21.4 Å². The van der Waals surface area contributed by atoms with Gasteiger partial charge in [0, 0.05) is 12.6 Å². The van der Waals surface area contributed by atoms with Crippen molar-refractivity contribution in [1.82, 2.24) is 4.72 Å². The summed E-state index contributed by atoms with van der Waals surface area (Å²) in [7, 11) is -3.93. The molecule has 5 nitrogen and oxygen atoms in total. The molecule has 1 aromatic carbocycles. The molecule has 0 aliphatic carbocycles. The molecule has 2 N–H and O–H groups in total. The van der Waals surface area contributed by atoms with E-state index in [1.807, 2.05) is 0 Å². The van der Waals surface area contributed by atoms with Crippen molar-refractivity contribution in [2.45, 2.75) is 31.4 Å². The molecule has 1 rings (SSSR count). The van der Waals surface area contributed by atoms with Gasteiger partial charge in [0.25, 0.3) is 0 Å². The summed E-state index contributed by atoms with van der Waals surface area (Å²) in [4.78, 5) is -0.437. The van der Waals surface area contributed by atoms with Crippen molar-refractivity contribution >= 4 is 10.0 Å². The lowest BCUT2D eigenvalue weighted by Gasteiger charge is -2.14. The quantitative estimate of drug-likeness (QED) is 0.786. The van der Waals surface area contributed by atoms with Crippen molar-refractivity contribution in [1.29, 1.82) is 0 Å². The fraction of sp³-hybridized carbons (Fsp3) is 0.500. The van der Waals surface area contributed by atoms with Crippen LogP contribution in [0.4, 0.5) is 4.39 Å². The molecule has 19 heavy (non-hydrogen) atoms. The number of rotatable bonds is 7. The van der Waals surface area contributed by atoms with Crippen LogP contribution in [0.5, 0.6) is 0 Å². The second kappa shape index (κ2) is 6.95. The van der Waals surface area contributed by atoms with Gasteiger partial charge in [0.15, 0.2) is 0 Å². The minimum atomic E-state index is -3.93. The smallest absolute Gasteiger partial charge is 0.243 e. The molecule has 0 fully saturated rings. The minimum Gasteiger partial charge on any atom is -0.392 e. The molecule has 0 bridgehead atoms. The molecule has 108 valence electrons. The van der Waals surface area contributed by atoms with Crippen LogP contribution < -0.4 is 4.72 Å². The van der Waals surface area contributed by atoms with Crippen LogP contribution in [0.2, 0.25) is 0 Å². The summed E-state index contributed by atoms with van der Waals surface area (Å²) in [6.07, 6.45) is 0. The Hall–Kier alpha value is -1.02. The maximum Gasteiger partial charge on any atom is 0.243 e. The van der Waals surface area contributed by atoms with Crippen LogP contribution in [0.25, 0.3) is 0 Å². The van der Waals surface area contributed by atoms with E-state index >= 15 is 0 Å². The molecule has 0 saturated carbocycles. The Balaban J connectivity index is 2.88. The first kappa shape index (κ1) is 16.0. The largest absolute Gasteiger partial charge is 0.392 e. The van der Waals surface area contributed by atoms with Crippen LogP contribution in [0.1, 0.15) is 19.4 Å². The number of nitrogens with one attached hydrogen (secondary N) is 1. The topological polar surface area (TPSA) is 75.6 Å². The summed E-state index contributed by atoms with van der Waals surface area (Å²) < 4.78 is 45.0. The number of sulfonamides is 1. The molecular weight excluding hydrogens is 273 g/mol.